The van der Waals surface area contributed by atoms with Crippen LogP contribution in [0.25, 0.3) is 22.7 Å². The van der Waals surface area contributed by atoms with Gasteiger partial charge in [-0.05, 0) is 50.1 Å². The van der Waals surface area contributed by atoms with Crippen molar-refractivity contribution < 1.29 is 4.42 Å². The molecule has 3 rings (SSSR count). The summed E-state index contributed by atoms with van der Waals surface area (Å²) >= 11 is 12.6. The summed E-state index contributed by atoms with van der Waals surface area (Å²) in [6, 6.07) is 5.39. The molecule has 0 aliphatic heterocycles. The first-order valence-corrected chi connectivity index (χ1v) is 7.18. The largest absolute Gasteiger partial charge is 0.418 e. The van der Waals surface area contributed by atoms with Crippen LogP contribution in [0.3, 0.4) is 0 Å². The number of anilines is 1. The van der Waals surface area contributed by atoms with Crippen LogP contribution in [0.1, 0.15) is 0 Å². The van der Waals surface area contributed by atoms with Crippen LogP contribution in [0.15, 0.2) is 37.8 Å². The van der Waals surface area contributed by atoms with Crippen LogP contribution >= 0.6 is 43.5 Å². The van der Waals surface area contributed by atoms with Crippen LogP contribution in [-0.2, 0) is 0 Å². The predicted octanol–water partition coefficient (Wildman–Crippen LogP) is 4.65. The minimum atomic E-state index is 0.448. The van der Waals surface area contributed by atoms with Gasteiger partial charge in [0.25, 0.3) is 0 Å². The fourth-order valence-corrected chi connectivity index (χ4v) is 2.97. The van der Waals surface area contributed by atoms with Gasteiger partial charge in [-0.1, -0.05) is 11.6 Å². The van der Waals surface area contributed by atoms with E-state index in [1.165, 1.54) is 6.20 Å². The van der Waals surface area contributed by atoms with Crippen LogP contribution in [0, 0.1) is 0 Å². The second kappa shape index (κ2) is 4.77. The Morgan fingerprint density at radius 2 is 1.84 bits per heavy atom. The topological polar surface area (TPSA) is 64.9 Å². The van der Waals surface area contributed by atoms with Gasteiger partial charge < -0.3 is 10.2 Å². The number of benzene rings is 1. The van der Waals surface area contributed by atoms with Crippen LogP contribution < -0.4 is 5.73 Å². The minimum absolute atomic E-state index is 0.448. The molecule has 2 heterocycles. The second-order valence-corrected chi connectivity index (χ2v) is 6.00. The van der Waals surface area contributed by atoms with E-state index in [4.69, 9.17) is 21.8 Å². The van der Waals surface area contributed by atoms with Crippen LogP contribution in [0.2, 0.25) is 5.02 Å². The number of hydrogen-bond donors (Lipinski definition) is 1. The molecule has 1 aromatic carbocycles. The van der Waals surface area contributed by atoms with Crippen molar-refractivity contribution in [1.29, 1.82) is 0 Å². The summed E-state index contributed by atoms with van der Waals surface area (Å²) in [4.78, 5) is 8.44. The molecule has 0 bridgehead atoms. The molecule has 0 saturated heterocycles. The first-order chi connectivity index (χ1) is 9.04. The number of pyridine rings is 1. The quantitative estimate of drug-likeness (QED) is 0.601. The number of nitrogens with zero attached hydrogens (tertiary/aromatic N) is 2. The number of aromatic nitrogens is 2. The first kappa shape index (κ1) is 12.9. The molecule has 2 aromatic heterocycles. The zero-order valence-corrected chi connectivity index (χ0v) is 13.3. The van der Waals surface area contributed by atoms with Gasteiger partial charge in [0.15, 0.2) is 0 Å². The predicted molar refractivity (Wildman–Crippen MR) is 82.1 cm³/mol. The summed E-state index contributed by atoms with van der Waals surface area (Å²) in [6.07, 6.45) is 1.52. The summed E-state index contributed by atoms with van der Waals surface area (Å²) in [5.74, 6) is 0.464. The molecule has 0 amide bonds. The third kappa shape index (κ3) is 2.35. The molecule has 0 aliphatic rings. The number of fused-ring (bicyclic) bond motifs is 1. The maximum atomic E-state index is 5.87. The monoisotopic (exact) mass is 401 g/mol. The Morgan fingerprint density at radius 1 is 1.16 bits per heavy atom. The lowest BCUT2D eigenvalue weighted by molar-refractivity contribution is 0.608. The van der Waals surface area contributed by atoms with Crippen molar-refractivity contribution in [3.05, 3.63) is 38.4 Å². The van der Waals surface area contributed by atoms with Gasteiger partial charge in [-0.15, -0.1) is 0 Å². The van der Waals surface area contributed by atoms with Gasteiger partial charge in [0.05, 0.1) is 10.7 Å². The number of nitrogens with two attached hydrogens (primary N) is 1. The van der Waals surface area contributed by atoms with Crippen molar-refractivity contribution in [3.8, 4) is 11.5 Å². The SMILES string of the molecule is Nc1c(Br)cc(-c2nc3cc(Cl)cnc3o2)cc1Br. The van der Waals surface area contributed by atoms with Crippen molar-refractivity contribution in [2.24, 2.45) is 0 Å². The third-order valence-electron chi connectivity index (χ3n) is 2.54. The molecular weight excluding hydrogens is 397 g/mol. The minimum Gasteiger partial charge on any atom is -0.418 e. The molecule has 0 atom stereocenters. The molecule has 3 aromatic rings. The van der Waals surface area contributed by atoms with Crippen molar-refractivity contribution in [2.45, 2.75) is 0 Å². The number of halogens is 3. The fourth-order valence-electron chi connectivity index (χ4n) is 1.63. The Hall–Kier alpha value is -1.11. The van der Waals surface area contributed by atoms with Gasteiger partial charge in [0.1, 0.15) is 5.52 Å². The number of oxazole rings is 1. The average Bonchev–Trinajstić information content (AvgIpc) is 2.78. The Kier molecular flexibility index (Phi) is 3.24. The highest BCUT2D eigenvalue weighted by molar-refractivity contribution is 9.11. The van der Waals surface area contributed by atoms with E-state index >= 15 is 0 Å². The Morgan fingerprint density at radius 3 is 2.53 bits per heavy atom. The first-order valence-electron chi connectivity index (χ1n) is 5.21. The maximum Gasteiger partial charge on any atom is 0.247 e. The molecule has 96 valence electrons. The number of hydrogen-bond acceptors (Lipinski definition) is 4. The van der Waals surface area contributed by atoms with Crippen LogP contribution in [-0.4, -0.2) is 9.97 Å². The fraction of sp³-hybridized carbons (Fsp3) is 0. The number of nitrogen functional groups attached to an aromatic ring is 1. The lowest BCUT2D eigenvalue weighted by Gasteiger charge is -2.03. The maximum absolute atomic E-state index is 5.87. The van der Waals surface area contributed by atoms with E-state index in [2.05, 4.69) is 41.8 Å². The summed E-state index contributed by atoms with van der Waals surface area (Å²) < 4.78 is 7.13. The summed E-state index contributed by atoms with van der Waals surface area (Å²) in [5, 5.41) is 0.520. The lowest BCUT2D eigenvalue weighted by Crippen LogP contribution is -1.89. The average molecular weight is 403 g/mol. The van der Waals surface area contributed by atoms with Crippen molar-refractivity contribution in [1.82, 2.24) is 9.97 Å². The van der Waals surface area contributed by atoms with Crippen LogP contribution in [0.4, 0.5) is 5.69 Å². The Bertz CT molecular complexity index is 765. The van der Waals surface area contributed by atoms with Crippen LogP contribution in [0.5, 0.6) is 0 Å². The lowest BCUT2D eigenvalue weighted by atomic mass is 10.2. The zero-order valence-electron chi connectivity index (χ0n) is 9.32. The van der Waals surface area contributed by atoms with E-state index in [1.54, 1.807) is 6.07 Å². The van der Waals surface area contributed by atoms with E-state index in [0.717, 1.165) is 14.5 Å². The van der Waals surface area contributed by atoms with Crippen molar-refractivity contribution in [3.63, 3.8) is 0 Å². The van der Waals surface area contributed by atoms with E-state index in [9.17, 15) is 0 Å². The van der Waals surface area contributed by atoms with Gasteiger partial charge in [-0.25, -0.2) is 9.97 Å². The molecule has 2 N–H and O–H groups in total. The molecule has 0 spiro atoms. The molecule has 0 fully saturated rings. The molecule has 19 heavy (non-hydrogen) atoms. The van der Waals surface area contributed by atoms with E-state index in [-0.39, 0.29) is 0 Å². The molecule has 7 heteroatoms. The van der Waals surface area contributed by atoms with E-state index in [0.29, 0.717) is 27.8 Å². The highest BCUT2D eigenvalue weighted by Crippen LogP contribution is 2.34. The second-order valence-electron chi connectivity index (χ2n) is 3.85. The summed E-state index contributed by atoms with van der Waals surface area (Å²) in [5.41, 5.74) is 8.33. The third-order valence-corrected chi connectivity index (χ3v) is 4.06. The summed E-state index contributed by atoms with van der Waals surface area (Å²) in [7, 11) is 0. The standard InChI is InChI=1S/C12H6Br2ClN3O/c13-7-1-5(2-8(14)10(7)16)11-18-9-3-6(15)4-17-12(9)19-11/h1-4H,16H2. The molecule has 4 nitrogen and oxygen atoms in total. The van der Waals surface area contributed by atoms with Gasteiger partial charge in [-0.2, -0.15) is 0 Å². The normalized spacial score (nSPS) is 11.1. The van der Waals surface area contributed by atoms with Crippen molar-refractivity contribution >= 4 is 60.4 Å². The van der Waals surface area contributed by atoms with Gasteiger partial charge in [0.2, 0.25) is 11.6 Å². The Balaban J connectivity index is 2.19. The van der Waals surface area contributed by atoms with Gasteiger partial charge >= 0.3 is 0 Å². The number of rotatable bonds is 1. The smallest absolute Gasteiger partial charge is 0.247 e. The van der Waals surface area contributed by atoms with E-state index < -0.39 is 0 Å². The molecule has 0 saturated carbocycles. The molecule has 0 unspecified atom stereocenters. The van der Waals surface area contributed by atoms with E-state index in [1.807, 2.05) is 12.1 Å². The highest BCUT2D eigenvalue weighted by atomic mass is 79.9. The molecule has 0 aliphatic carbocycles. The molecule has 0 radical (unpaired) electrons. The van der Waals surface area contributed by atoms with Gasteiger partial charge in [-0.3, -0.25) is 0 Å². The highest BCUT2D eigenvalue weighted by Gasteiger charge is 2.12. The summed E-state index contributed by atoms with van der Waals surface area (Å²) in [6.45, 7) is 0. The van der Waals surface area contributed by atoms with Crippen molar-refractivity contribution in [2.75, 3.05) is 5.73 Å². The Labute approximate surface area is 130 Å². The zero-order chi connectivity index (χ0) is 13.6. The van der Waals surface area contributed by atoms with Gasteiger partial charge in [0, 0.05) is 20.7 Å². The molecular formula is C12H6Br2ClN3O.